The summed E-state index contributed by atoms with van der Waals surface area (Å²) in [5.41, 5.74) is 3.83. The lowest BCUT2D eigenvalue weighted by molar-refractivity contribution is -0.113. The number of allylic oxidation sites excluding steroid dienone is 1. The summed E-state index contributed by atoms with van der Waals surface area (Å²) in [6, 6.07) is 24.5. The summed E-state index contributed by atoms with van der Waals surface area (Å²) in [5, 5.41) is 12.5. The van der Waals surface area contributed by atoms with E-state index in [0.29, 0.717) is 39.8 Å². The fourth-order valence-electron chi connectivity index (χ4n) is 4.42. The van der Waals surface area contributed by atoms with E-state index >= 15 is 0 Å². The zero-order valence-corrected chi connectivity index (χ0v) is 23.4. The Morgan fingerprint density at radius 2 is 1.82 bits per heavy atom. The second kappa shape index (κ2) is 12.4. The molecular weight excluding hydrogens is 530 g/mol. The van der Waals surface area contributed by atoms with E-state index in [4.69, 9.17) is 26.4 Å². The number of para-hydroxylation sites is 2. The lowest BCUT2D eigenvalue weighted by Gasteiger charge is -2.29. The Kier molecular flexibility index (Phi) is 8.54. The van der Waals surface area contributed by atoms with Crippen LogP contribution in [0.1, 0.15) is 43.9 Å². The molecule has 9 heteroatoms. The van der Waals surface area contributed by atoms with Crippen molar-refractivity contribution in [3.63, 3.8) is 0 Å². The molecule has 3 aromatic carbocycles. The Morgan fingerprint density at radius 3 is 2.62 bits per heavy atom. The van der Waals surface area contributed by atoms with Crippen molar-refractivity contribution in [2.75, 3.05) is 17.2 Å². The number of hydrogen-bond acceptors (Lipinski definition) is 6. The summed E-state index contributed by atoms with van der Waals surface area (Å²) in [4.78, 5) is 18.5. The zero-order chi connectivity index (χ0) is 27.2. The molecule has 0 radical (unpaired) electrons. The summed E-state index contributed by atoms with van der Waals surface area (Å²) in [6.07, 6.45) is 1.96. The van der Waals surface area contributed by atoms with Crippen LogP contribution in [0.15, 0.2) is 95.3 Å². The van der Waals surface area contributed by atoms with Gasteiger partial charge >= 0.3 is 0 Å². The first-order valence-corrected chi connectivity index (χ1v) is 14.3. The van der Waals surface area contributed by atoms with Gasteiger partial charge < -0.3 is 15.4 Å². The number of anilines is 2. The van der Waals surface area contributed by atoms with Crippen molar-refractivity contribution in [2.24, 2.45) is 0 Å². The van der Waals surface area contributed by atoms with E-state index in [1.807, 2.05) is 85.8 Å². The molecule has 7 nitrogen and oxygen atoms in total. The number of nitrogens with one attached hydrogen (secondary N) is 2. The molecule has 0 bridgehead atoms. The van der Waals surface area contributed by atoms with Gasteiger partial charge in [-0.1, -0.05) is 91.3 Å². The molecule has 2 heterocycles. The maximum atomic E-state index is 13.8. The Labute approximate surface area is 237 Å². The van der Waals surface area contributed by atoms with Crippen molar-refractivity contribution in [1.82, 2.24) is 14.8 Å². The van der Waals surface area contributed by atoms with Gasteiger partial charge in [-0.3, -0.25) is 4.79 Å². The van der Waals surface area contributed by atoms with Crippen LogP contribution >= 0.6 is 23.4 Å². The standard InChI is InChI=1S/C30H30ClN5O2S/c1-3-4-18-38-25-17-11-9-15-23(25)27-26(28(37)33-22-13-6-5-7-14-22)20(2)32-29-34-30(35-36(27)29)39-19-21-12-8-10-16-24(21)31/h5-17,27H,3-4,18-19H2,1-2H3,(H,33,37)(H,32,34,35). The minimum absolute atomic E-state index is 0.217. The molecule has 4 aromatic rings. The molecule has 0 spiro atoms. The lowest BCUT2D eigenvalue weighted by Crippen LogP contribution is -2.31. The second-order valence-corrected chi connectivity index (χ2v) is 10.5. The molecule has 2 N–H and O–H groups in total. The SMILES string of the molecule is CCCCOc1ccccc1C1C(C(=O)Nc2ccccc2)=C(C)Nc2nc(SCc3ccccc3Cl)nn21. The van der Waals surface area contributed by atoms with Crippen molar-refractivity contribution in [3.05, 3.63) is 106 Å². The van der Waals surface area contributed by atoms with Crippen LogP contribution in [0.25, 0.3) is 0 Å². The molecule has 1 aliphatic rings. The largest absolute Gasteiger partial charge is 0.493 e. The van der Waals surface area contributed by atoms with Crippen LogP contribution in [0.3, 0.4) is 0 Å². The molecule has 0 saturated heterocycles. The van der Waals surface area contributed by atoms with Crippen molar-refractivity contribution in [3.8, 4) is 5.75 Å². The number of unbranched alkanes of at least 4 members (excludes halogenated alkanes) is 1. The van der Waals surface area contributed by atoms with Crippen LogP contribution < -0.4 is 15.4 Å². The number of hydrogen-bond donors (Lipinski definition) is 2. The number of fused-ring (bicyclic) bond motifs is 1. The van der Waals surface area contributed by atoms with Gasteiger partial charge in [-0.05, 0) is 43.2 Å². The van der Waals surface area contributed by atoms with Crippen molar-refractivity contribution < 1.29 is 9.53 Å². The van der Waals surface area contributed by atoms with Crippen LogP contribution in [-0.2, 0) is 10.5 Å². The molecule has 1 unspecified atom stereocenters. The summed E-state index contributed by atoms with van der Waals surface area (Å²) in [5.74, 6) is 1.70. The number of aromatic nitrogens is 3. The smallest absolute Gasteiger partial charge is 0.255 e. The number of halogens is 1. The van der Waals surface area contributed by atoms with Gasteiger partial charge in [0.05, 0.1) is 12.2 Å². The number of carbonyl (C=O) groups excluding carboxylic acids is 1. The topological polar surface area (TPSA) is 81.1 Å². The summed E-state index contributed by atoms with van der Waals surface area (Å²) in [7, 11) is 0. The van der Waals surface area contributed by atoms with Gasteiger partial charge in [0.1, 0.15) is 11.8 Å². The van der Waals surface area contributed by atoms with Crippen molar-refractivity contribution in [2.45, 2.75) is 43.6 Å². The Balaban J connectivity index is 1.52. The average Bonchev–Trinajstić information content (AvgIpc) is 3.35. The minimum atomic E-state index is -0.537. The Hall–Kier alpha value is -3.75. The summed E-state index contributed by atoms with van der Waals surface area (Å²) in [6.45, 7) is 4.61. The van der Waals surface area contributed by atoms with Crippen molar-refractivity contribution >= 4 is 40.9 Å². The number of nitrogens with zero attached hydrogens (tertiary/aromatic N) is 3. The summed E-state index contributed by atoms with van der Waals surface area (Å²) < 4.78 is 7.98. The maximum Gasteiger partial charge on any atom is 0.255 e. The highest BCUT2D eigenvalue weighted by molar-refractivity contribution is 7.98. The van der Waals surface area contributed by atoms with Crippen LogP contribution in [0.2, 0.25) is 5.02 Å². The van der Waals surface area contributed by atoms with E-state index in [1.165, 1.54) is 11.8 Å². The molecular formula is C30H30ClN5O2S. The molecule has 39 heavy (non-hydrogen) atoms. The number of amides is 1. The molecule has 0 fully saturated rings. The normalized spacial score (nSPS) is 14.5. The first kappa shape index (κ1) is 26.8. The molecule has 0 aliphatic carbocycles. The van der Waals surface area contributed by atoms with Crippen LogP contribution in [0.4, 0.5) is 11.6 Å². The van der Waals surface area contributed by atoms with Crippen LogP contribution in [-0.4, -0.2) is 27.3 Å². The molecule has 1 aromatic heterocycles. The molecule has 1 atom stereocenters. The maximum absolute atomic E-state index is 13.8. The molecule has 1 amide bonds. The van der Waals surface area contributed by atoms with E-state index < -0.39 is 6.04 Å². The van der Waals surface area contributed by atoms with E-state index in [2.05, 4.69) is 17.6 Å². The molecule has 200 valence electrons. The predicted molar refractivity (Wildman–Crippen MR) is 157 cm³/mol. The highest BCUT2D eigenvalue weighted by Crippen LogP contribution is 2.40. The van der Waals surface area contributed by atoms with E-state index in [9.17, 15) is 4.79 Å². The average molecular weight is 560 g/mol. The first-order chi connectivity index (χ1) is 19.0. The predicted octanol–water partition coefficient (Wildman–Crippen LogP) is 7.33. The highest BCUT2D eigenvalue weighted by atomic mass is 35.5. The number of benzene rings is 3. The summed E-state index contributed by atoms with van der Waals surface area (Å²) >= 11 is 7.86. The molecule has 0 saturated carbocycles. The van der Waals surface area contributed by atoms with Gasteiger partial charge in [0.25, 0.3) is 5.91 Å². The van der Waals surface area contributed by atoms with Gasteiger partial charge in [0.2, 0.25) is 11.1 Å². The lowest BCUT2D eigenvalue weighted by atomic mass is 9.94. The Morgan fingerprint density at radius 1 is 1.08 bits per heavy atom. The molecule has 1 aliphatic heterocycles. The fraction of sp³-hybridized carbons (Fsp3) is 0.233. The first-order valence-electron chi connectivity index (χ1n) is 12.9. The fourth-order valence-corrected chi connectivity index (χ4v) is 5.53. The monoisotopic (exact) mass is 559 g/mol. The number of thioether (sulfide) groups is 1. The van der Waals surface area contributed by atoms with Gasteiger partial charge in [-0.15, -0.1) is 5.10 Å². The minimum Gasteiger partial charge on any atom is -0.493 e. The van der Waals surface area contributed by atoms with Crippen molar-refractivity contribution in [1.29, 1.82) is 0 Å². The highest BCUT2D eigenvalue weighted by Gasteiger charge is 2.36. The van der Waals surface area contributed by atoms with Gasteiger partial charge in [0, 0.05) is 27.7 Å². The van der Waals surface area contributed by atoms with Gasteiger partial charge in [-0.2, -0.15) is 4.98 Å². The molecule has 5 rings (SSSR count). The third-order valence-corrected chi connectivity index (χ3v) is 7.65. The quantitative estimate of drug-likeness (QED) is 0.156. The van der Waals surface area contributed by atoms with E-state index in [1.54, 1.807) is 4.68 Å². The van der Waals surface area contributed by atoms with Gasteiger partial charge in [0.15, 0.2) is 0 Å². The third kappa shape index (κ3) is 6.13. The van der Waals surface area contributed by atoms with Crippen LogP contribution in [0.5, 0.6) is 5.75 Å². The number of ether oxygens (including phenoxy) is 1. The van der Waals surface area contributed by atoms with E-state index in [-0.39, 0.29) is 5.91 Å². The van der Waals surface area contributed by atoms with Crippen LogP contribution in [0, 0.1) is 0 Å². The van der Waals surface area contributed by atoms with Gasteiger partial charge in [-0.25, -0.2) is 4.68 Å². The number of carbonyl (C=O) groups is 1. The second-order valence-electron chi connectivity index (χ2n) is 9.17. The third-order valence-electron chi connectivity index (χ3n) is 6.39. The zero-order valence-electron chi connectivity index (χ0n) is 21.9. The number of rotatable bonds is 10. The Bertz CT molecular complexity index is 1490. The van der Waals surface area contributed by atoms with E-state index in [0.717, 1.165) is 35.4 Å².